The van der Waals surface area contributed by atoms with Gasteiger partial charge in [-0.1, -0.05) is 33.6 Å². The Hall–Kier alpha value is -2.35. The highest BCUT2D eigenvalue weighted by atomic mass is 79.9. The highest BCUT2D eigenvalue weighted by Gasteiger charge is 2.35. The molecule has 0 bridgehead atoms. The number of thiophene rings is 1. The van der Waals surface area contributed by atoms with Crippen molar-refractivity contribution in [1.29, 1.82) is 0 Å². The molecule has 1 aliphatic carbocycles. The van der Waals surface area contributed by atoms with Gasteiger partial charge in [0.25, 0.3) is 5.91 Å². The van der Waals surface area contributed by atoms with Crippen LogP contribution in [-0.4, -0.2) is 47.9 Å². The molecule has 1 atom stereocenters. The predicted octanol–water partition coefficient (Wildman–Crippen LogP) is 6.22. The molecular formula is C27H26BrClN2O3S. The van der Waals surface area contributed by atoms with Crippen LogP contribution in [0.2, 0.25) is 5.02 Å². The van der Waals surface area contributed by atoms with Crippen LogP contribution in [0.3, 0.4) is 0 Å². The Balaban J connectivity index is 1.34. The Morgan fingerprint density at radius 3 is 2.69 bits per heavy atom. The van der Waals surface area contributed by atoms with Gasteiger partial charge in [0.15, 0.2) is 0 Å². The van der Waals surface area contributed by atoms with Crippen molar-refractivity contribution < 1.29 is 14.3 Å². The second kappa shape index (κ2) is 10.7. The topological polar surface area (TPSA) is 49.9 Å². The lowest BCUT2D eigenvalue weighted by Gasteiger charge is -2.37. The summed E-state index contributed by atoms with van der Waals surface area (Å²) in [6.45, 7) is 1.64. The van der Waals surface area contributed by atoms with Crippen LogP contribution in [0, 0.1) is 5.92 Å². The van der Waals surface area contributed by atoms with Gasteiger partial charge in [0.05, 0.1) is 6.04 Å². The molecule has 1 aliphatic heterocycles. The second-order valence-corrected chi connectivity index (χ2v) is 11.4. The molecule has 3 aromatic rings. The number of rotatable bonds is 8. The van der Waals surface area contributed by atoms with Gasteiger partial charge in [-0.2, -0.15) is 0 Å². The van der Waals surface area contributed by atoms with E-state index in [0.29, 0.717) is 41.9 Å². The normalized spacial score (nSPS) is 17.1. The number of amides is 2. The van der Waals surface area contributed by atoms with Crippen molar-refractivity contribution in [3.8, 4) is 5.75 Å². The molecule has 0 radical (unpaired) electrons. The standard InChI is InChI=1S/C27H26BrClN2O3S/c28-20-3-1-2-19(14-20)27(33)30(15-18-4-5-18)16-26(32)31-12-10-25-23(11-13-35-25)24(31)17-34-22-8-6-21(29)7-9-22/h1-3,6-9,11,13-14,18,24H,4-5,10,12,15-17H2/t24-/m1/s1. The van der Waals surface area contributed by atoms with Gasteiger partial charge < -0.3 is 14.5 Å². The van der Waals surface area contributed by atoms with E-state index in [0.717, 1.165) is 29.3 Å². The van der Waals surface area contributed by atoms with Crippen LogP contribution in [0.1, 0.15) is 39.7 Å². The third kappa shape index (κ3) is 5.90. The Bertz CT molecular complexity index is 1210. The minimum absolute atomic E-state index is 0.0458. The molecule has 1 saturated carbocycles. The van der Waals surface area contributed by atoms with Crippen molar-refractivity contribution in [3.05, 3.63) is 85.5 Å². The fourth-order valence-corrected chi connectivity index (χ4v) is 5.92. The fourth-order valence-electron chi connectivity index (χ4n) is 4.47. The van der Waals surface area contributed by atoms with Crippen molar-refractivity contribution in [2.45, 2.75) is 25.3 Å². The minimum atomic E-state index is -0.197. The second-order valence-electron chi connectivity index (χ2n) is 9.06. The van der Waals surface area contributed by atoms with Gasteiger partial charge in [0, 0.05) is 33.0 Å². The number of halogens is 2. The molecule has 182 valence electrons. The van der Waals surface area contributed by atoms with Crippen LogP contribution in [0.5, 0.6) is 5.75 Å². The summed E-state index contributed by atoms with van der Waals surface area (Å²) in [5.74, 6) is 1.04. The van der Waals surface area contributed by atoms with Crippen molar-refractivity contribution in [2.75, 3.05) is 26.2 Å². The minimum Gasteiger partial charge on any atom is -0.491 e. The SMILES string of the molecule is O=C(c1cccc(Br)c1)N(CC(=O)N1CCc2sccc2[C@H]1COc1ccc(Cl)cc1)CC1CC1. The lowest BCUT2D eigenvalue weighted by molar-refractivity contribution is -0.135. The molecular weight excluding hydrogens is 548 g/mol. The lowest BCUT2D eigenvalue weighted by Crippen LogP contribution is -2.48. The summed E-state index contributed by atoms with van der Waals surface area (Å²) in [5, 5.41) is 2.72. The van der Waals surface area contributed by atoms with E-state index in [1.165, 1.54) is 4.88 Å². The van der Waals surface area contributed by atoms with E-state index < -0.39 is 0 Å². The maximum absolute atomic E-state index is 13.7. The average Bonchev–Trinajstić information content (AvgIpc) is 3.54. The van der Waals surface area contributed by atoms with Gasteiger partial charge in [0.1, 0.15) is 18.9 Å². The van der Waals surface area contributed by atoms with Crippen molar-refractivity contribution in [2.24, 2.45) is 5.92 Å². The highest BCUT2D eigenvalue weighted by molar-refractivity contribution is 9.10. The van der Waals surface area contributed by atoms with Crippen molar-refractivity contribution in [1.82, 2.24) is 9.80 Å². The van der Waals surface area contributed by atoms with E-state index in [4.69, 9.17) is 16.3 Å². The smallest absolute Gasteiger partial charge is 0.254 e. The molecule has 2 aromatic carbocycles. The summed E-state index contributed by atoms with van der Waals surface area (Å²) in [4.78, 5) is 31.9. The molecule has 0 unspecified atom stereocenters. The molecule has 2 amide bonds. The Labute approximate surface area is 222 Å². The number of ether oxygens (including phenoxy) is 1. The first-order chi connectivity index (χ1) is 17.0. The molecule has 5 nitrogen and oxygen atoms in total. The summed E-state index contributed by atoms with van der Waals surface area (Å²) in [7, 11) is 0. The monoisotopic (exact) mass is 572 g/mol. The van der Waals surface area contributed by atoms with Crippen molar-refractivity contribution in [3.63, 3.8) is 0 Å². The van der Waals surface area contributed by atoms with Gasteiger partial charge in [-0.15, -0.1) is 11.3 Å². The number of hydrogen-bond acceptors (Lipinski definition) is 4. The Morgan fingerprint density at radius 1 is 1.14 bits per heavy atom. The zero-order valence-electron chi connectivity index (χ0n) is 19.2. The maximum atomic E-state index is 13.7. The number of benzene rings is 2. The van der Waals surface area contributed by atoms with E-state index in [-0.39, 0.29) is 24.4 Å². The summed E-state index contributed by atoms with van der Waals surface area (Å²) >= 11 is 11.2. The van der Waals surface area contributed by atoms with Crippen LogP contribution < -0.4 is 4.74 Å². The van der Waals surface area contributed by atoms with E-state index >= 15 is 0 Å². The first kappa shape index (κ1) is 24.3. The molecule has 2 aliphatic rings. The van der Waals surface area contributed by atoms with Crippen LogP contribution in [0.25, 0.3) is 0 Å². The van der Waals surface area contributed by atoms with Crippen LogP contribution in [0.4, 0.5) is 0 Å². The van der Waals surface area contributed by atoms with Gasteiger partial charge in [0.2, 0.25) is 5.91 Å². The number of carbonyl (C=O) groups is 2. The molecule has 35 heavy (non-hydrogen) atoms. The van der Waals surface area contributed by atoms with Crippen LogP contribution >= 0.6 is 38.9 Å². The van der Waals surface area contributed by atoms with Gasteiger partial charge in [-0.3, -0.25) is 9.59 Å². The molecule has 5 rings (SSSR count). The van der Waals surface area contributed by atoms with E-state index in [1.54, 1.807) is 34.4 Å². The maximum Gasteiger partial charge on any atom is 0.254 e. The number of hydrogen-bond donors (Lipinski definition) is 0. The molecule has 8 heteroatoms. The quantitative estimate of drug-likeness (QED) is 0.321. The Morgan fingerprint density at radius 2 is 1.94 bits per heavy atom. The number of carbonyl (C=O) groups excluding carboxylic acids is 2. The molecule has 1 fully saturated rings. The van der Waals surface area contributed by atoms with E-state index in [1.807, 2.05) is 35.2 Å². The molecule has 2 heterocycles. The fraction of sp³-hybridized carbons (Fsp3) is 0.333. The molecule has 0 N–H and O–H groups in total. The molecule has 0 saturated heterocycles. The number of nitrogens with zero attached hydrogens (tertiary/aromatic N) is 2. The number of fused-ring (bicyclic) bond motifs is 1. The van der Waals surface area contributed by atoms with E-state index in [9.17, 15) is 9.59 Å². The van der Waals surface area contributed by atoms with Gasteiger partial charge in [-0.25, -0.2) is 0 Å². The molecule has 1 aromatic heterocycles. The third-order valence-electron chi connectivity index (χ3n) is 6.50. The zero-order valence-corrected chi connectivity index (χ0v) is 22.3. The van der Waals surface area contributed by atoms with E-state index in [2.05, 4.69) is 27.4 Å². The first-order valence-electron chi connectivity index (χ1n) is 11.8. The largest absolute Gasteiger partial charge is 0.491 e. The summed E-state index contributed by atoms with van der Waals surface area (Å²) in [6.07, 6.45) is 3.03. The van der Waals surface area contributed by atoms with Crippen LogP contribution in [-0.2, 0) is 11.2 Å². The summed E-state index contributed by atoms with van der Waals surface area (Å²) < 4.78 is 6.93. The molecule has 0 spiro atoms. The predicted molar refractivity (Wildman–Crippen MR) is 142 cm³/mol. The summed E-state index contributed by atoms with van der Waals surface area (Å²) in [6, 6.07) is 16.5. The average molecular weight is 574 g/mol. The van der Waals surface area contributed by atoms with Crippen LogP contribution in [0.15, 0.2) is 64.5 Å². The zero-order chi connectivity index (χ0) is 24.4. The van der Waals surface area contributed by atoms with Crippen molar-refractivity contribution >= 4 is 50.7 Å². The lowest BCUT2D eigenvalue weighted by atomic mass is 10.0. The van der Waals surface area contributed by atoms with Gasteiger partial charge >= 0.3 is 0 Å². The highest BCUT2D eigenvalue weighted by Crippen LogP contribution is 2.35. The summed E-state index contributed by atoms with van der Waals surface area (Å²) in [5.41, 5.74) is 1.73. The Kier molecular flexibility index (Phi) is 7.46. The van der Waals surface area contributed by atoms with Gasteiger partial charge in [-0.05, 0) is 84.7 Å². The first-order valence-corrected chi connectivity index (χ1v) is 13.8. The third-order valence-corrected chi connectivity index (χ3v) is 8.24.